The Balaban J connectivity index is 1.05. The minimum Gasteiger partial charge on any atom is -0.309 e. The maximum Gasteiger partial charge on any atom is 0.164 e. The van der Waals surface area contributed by atoms with Crippen LogP contribution in [0.2, 0.25) is 0 Å². The normalized spacial score (nSPS) is 13.8. The number of rotatable bonds is 6. The van der Waals surface area contributed by atoms with Crippen molar-refractivity contribution in [3.63, 3.8) is 0 Å². The maximum atomic E-state index is 9.11. The van der Waals surface area contributed by atoms with Crippen molar-refractivity contribution in [2.24, 2.45) is 0 Å². The van der Waals surface area contributed by atoms with Crippen LogP contribution in [0.1, 0.15) is 12.3 Å². The first-order chi connectivity index (χ1) is 31.5. The summed E-state index contributed by atoms with van der Waals surface area (Å²) < 4.78 is 82.0. The van der Waals surface area contributed by atoms with E-state index in [2.05, 4.69) is 24.3 Å². The summed E-state index contributed by atoms with van der Waals surface area (Å²) in [6.45, 7) is 0. The van der Waals surface area contributed by atoms with Crippen molar-refractivity contribution in [1.29, 1.82) is 0 Å². The molecule has 0 atom stereocenters. The van der Waals surface area contributed by atoms with Gasteiger partial charge >= 0.3 is 0 Å². The van der Waals surface area contributed by atoms with Gasteiger partial charge in [0.1, 0.15) is 0 Å². The topological polar surface area (TPSA) is 43.6 Å². The first-order valence-corrected chi connectivity index (χ1v) is 18.9. The first-order valence-electron chi connectivity index (χ1n) is 22.5. The predicted octanol–water partition coefficient (Wildman–Crippen LogP) is 13.7. The number of aromatic nitrogens is 4. The van der Waals surface area contributed by atoms with Crippen LogP contribution in [0.4, 0.5) is 0 Å². The van der Waals surface area contributed by atoms with Crippen LogP contribution in [0.15, 0.2) is 194 Å². The summed E-state index contributed by atoms with van der Waals surface area (Å²) in [5.74, 6) is 1.63. The third-order valence-electron chi connectivity index (χ3n) is 10.1. The molecule has 0 bridgehead atoms. The second kappa shape index (κ2) is 13.3. The van der Waals surface area contributed by atoms with Gasteiger partial charge in [0.05, 0.1) is 23.4 Å². The average Bonchev–Trinajstić information content (AvgIpc) is 3.91. The third kappa shape index (κ3) is 5.40. The van der Waals surface area contributed by atoms with E-state index in [4.69, 9.17) is 27.3 Å². The highest BCUT2D eigenvalue weighted by Gasteiger charge is 2.18. The average molecular weight is 742 g/mol. The van der Waals surface area contributed by atoms with Crippen LogP contribution < -0.4 is 0 Å². The Labute approximate surface area is 340 Å². The Morgan fingerprint density at radius 3 is 1.95 bits per heavy atom. The van der Waals surface area contributed by atoms with Crippen molar-refractivity contribution in [3.05, 3.63) is 194 Å². The molecule has 4 nitrogen and oxygen atoms in total. The molecule has 56 heavy (non-hydrogen) atoms. The summed E-state index contributed by atoms with van der Waals surface area (Å²) in [6.07, 6.45) is 0. The molecule has 0 fully saturated rings. The molecule has 0 aliphatic heterocycles. The molecule has 0 amide bonds. The summed E-state index contributed by atoms with van der Waals surface area (Å²) >= 11 is 1.74. The lowest BCUT2D eigenvalue weighted by atomic mass is 9.99. The largest absolute Gasteiger partial charge is 0.309 e. The monoisotopic (exact) mass is 741 g/mol. The summed E-state index contributed by atoms with van der Waals surface area (Å²) in [5, 5.41) is 2.77. The predicted molar refractivity (Wildman–Crippen MR) is 234 cm³/mol. The third-order valence-corrected chi connectivity index (χ3v) is 11.2. The van der Waals surface area contributed by atoms with Crippen molar-refractivity contribution in [3.8, 4) is 62.1 Å². The molecule has 0 unspecified atom stereocenters. The zero-order chi connectivity index (χ0) is 44.8. The Morgan fingerprint density at radius 2 is 1.07 bits per heavy atom. The van der Waals surface area contributed by atoms with Gasteiger partial charge in [-0.1, -0.05) is 151 Å². The zero-order valence-corrected chi connectivity index (χ0v) is 30.3. The van der Waals surface area contributed by atoms with Crippen molar-refractivity contribution in [2.45, 2.75) is 0 Å². The van der Waals surface area contributed by atoms with E-state index in [-0.39, 0.29) is 34.1 Å². The van der Waals surface area contributed by atoms with Gasteiger partial charge in [-0.05, 0) is 64.7 Å². The quantitative estimate of drug-likeness (QED) is 0.170. The van der Waals surface area contributed by atoms with Crippen LogP contribution in [0, 0.1) is 0 Å². The molecule has 5 heteroatoms. The molecule has 0 radical (unpaired) electrons. The lowest BCUT2D eigenvalue weighted by Gasteiger charge is -2.12. The van der Waals surface area contributed by atoms with Crippen molar-refractivity contribution in [1.82, 2.24) is 19.5 Å². The van der Waals surface area contributed by atoms with Crippen LogP contribution >= 0.6 is 11.3 Å². The van der Waals surface area contributed by atoms with Gasteiger partial charge < -0.3 is 4.57 Å². The number of nitrogens with zero attached hydrogens (tertiary/aromatic N) is 4. The number of benzene rings is 8. The van der Waals surface area contributed by atoms with Gasteiger partial charge in [0.2, 0.25) is 0 Å². The minimum atomic E-state index is -0.526. The molecule has 0 saturated carbocycles. The fourth-order valence-corrected chi connectivity index (χ4v) is 8.70. The van der Waals surface area contributed by atoms with Crippen molar-refractivity contribution >= 4 is 53.3 Å². The molecule has 3 heterocycles. The SMILES string of the molecule is [2H]c1c([2H])c([2H])c(-c2cccc3c2c2c([2H])c([2H])c([2H])c([2H])c2n3-c2ccc(-c3cccc(-c4nc(-c5ccccc5)nc(-c5cccc6sc7ccccc7c56)n4)c3)cc2)c([2H])c1[2H]. The molecule has 0 aliphatic rings. The fraction of sp³-hybridized carbons (Fsp3) is 0. The van der Waals surface area contributed by atoms with Crippen LogP contribution in [0.5, 0.6) is 0 Å². The Kier molecular flexibility index (Phi) is 5.75. The van der Waals surface area contributed by atoms with E-state index in [1.165, 1.54) is 4.70 Å². The summed E-state index contributed by atoms with van der Waals surface area (Å²) in [4.78, 5) is 15.2. The fourth-order valence-electron chi connectivity index (χ4n) is 7.57. The van der Waals surface area contributed by atoms with E-state index < -0.39 is 42.3 Å². The number of hydrogen-bond donors (Lipinski definition) is 0. The van der Waals surface area contributed by atoms with E-state index in [0.29, 0.717) is 34.1 Å². The van der Waals surface area contributed by atoms with E-state index in [1.54, 1.807) is 34.1 Å². The van der Waals surface area contributed by atoms with Crippen LogP contribution in [-0.4, -0.2) is 19.5 Å². The molecular formula is C51H32N4S. The standard InChI is InChI=1S/C51H32N4S/c1-3-14-34(15-4-1)39-22-12-25-44-47(39)40-20-7-9-24-43(40)55(44)38-30-28-33(29-31-38)36-18-11-19-37(32-36)50-52-49(35-16-5-2-6-17-35)53-51(54-50)42-23-13-27-46-48(42)41-21-8-10-26-45(41)56-46/h1-32H/i1D,3D,4D,7D,9D,14D,15D,20D,24D. The zero-order valence-electron chi connectivity index (χ0n) is 38.5. The number of fused-ring (bicyclic) bond motifs is 6. The number of hydrogen-bond acceptors (Lipinski definition) is 4. The smallest absolute Gasteiger partial charge is 0.164 e. The molecule has 0 N–H and O–H groups in total. The van der Waals surface area contributed by atoms with E-state index in [0.717, 1.165) is 43.3 Å². The first kappa shape index (κ1) is 24.2. The lowest BCUT2D eigenvalue weighted by molar-refractivity contribution is 1.08. The molecular weight excluding hydrogens is 701 g/mol. The maximum absolute atomic E-state index is 9.11. The van der Waals surface area contributed by atoms with E-state index in [9.17, 15) is 0 Å². The van der Waals surface area contributed by atoms with Gasteiger partial charge in [0.25, 0.3) is 0 Å². The Hall–Kier alpha value is -7.21. The summed E-state index contributed by atoms with van der Waals surface area (Å²) in [7, 11) is 0. The van der Waals surface area contributed by atoms with Crippen molar-refractivity contribution < 1.29 is 12.3 Å². The highest BCUT2D eigenvalue weighted by Crippen LogP contribution is 2.41. The van der Waals surface area contributed by atoms with Gasteiger partial charge in [-0.25, -0.2) is 15.0 Å². The molecule has 0 saturated heterocycles. The molecule has 262 valence electrons. The van der Waals surface area contributed by atoms with E-state index in [1.807, 2.05) is 97.1 Å². The van der Waals surface area contributed by atoms with Crippen LogP contribution in [-0.2, 0) is 0 Å². The molecule has 11 rings (SSSR count). The van der Waals surface area contributed by atoms with Gasteiger partial charge in [-0.3, -0.25) is 0 Å². The van der Waals surface area contributed by atoms with E-state index >= 15 is 0 Å². The van der Waals surface area contributed by atoms with Crippen LogP contribution in [0.3, 0.4) is 0 Å². The number of para-hydroxylation sites is 1. The second-order valence-electron chi connectivity index (χ2n) is 13.3. The summed E-state index contributed by atoms with van der Waals surface area (Å²) in [6, 6.07) is 41.4. The van der Waals surface area contributed by atoms with Gasteiger partial charge in [-0.15, -0.1) is 11.3 Å². The molecule has 11 aromatic rings. The van der Waals surface area contributed by atoms with Gasteiger partial charge in [0, 0.05) is 53.3 Å². The van der Waals surface area contributed by atoms with Gasteiger partial charge in [-0.2, -0.15) is 0 Å². The Morgan fingerprint density at radius 1 is 0.411 bits per heavy atom. The second-order valence-corrected chi connectivity index (χ2v) is 14.4. The molecule has 3 aromatic heterocycles. The molecule has 8 aromatic carbocycles. The highest BCUT2D eigenvalue weighted by atomic mass is 32.1. The Bertz CT molecular complexity index is 3750. The highest BCUT2D eigenvalue weighted by molar-refractivity contribution is 7.25. The molecule has 0 aliphatic carbocycles. The van der Waals surface area contributed by atoms with Gasteiger partial charge in [0.15, 0.2) is 17.5 Å². The number of thiophene rings is 1. The van der Waals surface area contributed by atoms with Crippen LogP contribution in [0.25, 0.3) is 104 Å². The summed E-state index contributed by atoms with van der Waals surface area (Å²) in [5.41, 5.74) is 5.81. The molecule has 0 spiro atoms. The lowest BCUT2D eigenvalue weighted by Crippen LogP contribution is -2.00. The van der Waals surface area contributed by atoms with Crippen molar-refractivity contribution in [2.75, 3.05) is 0 Å². The minimum absolute atomic E-state index is 0.0542.